The Morgan fingerprint density at radius 3 is 3.06 bits per heavy atom. The Morgan fingerprint density at radius 2 is 2.29 bits per heavy atom. The van der Waals surface area contributed by atoms with Gasteiger partial charge in [-0.2, -0.15) is 0 Å². The second kappa shape index (κ2) is 3.89. The van der Waals surface area contributed by atoms with Crippen LogP contribution in [0.1, 0.15) is 18.2 Å². The summed E-state index contributed by atoms with van der Waals surface area (Å²) < 4.78 is 10.8. The number of aromatic nitrogens is 1. The van der Waals surface area contributed by atoms with Crippen LogP contribution in [0.5, 0.6) is 5.75 Å². The van der Waals surface area contributed by atoms with Gasteiger partial charge >= 0.3 is 0 Å². The Bertz CT molecular complexity index is 547. The van der Waals surface area contributed by atoms with E-state index in [0.717, 1.165) is 17.7 Å². The topological polar surface area (TPSA) is 55.5 Å². The van der Waals surface area contributed by atoms with Crippen molar-refractivity contribution < 1.29 is 14.4 Å². The maximum absolute atomic E-state index is 8.94. The summed E-state index contributed by atoms with van der Waals surface area (Å²) in [6.45, 7) is 1.95. The maximum Gasteiger partial charge on any atom is 0.167 e. The van der Waals surface area contributed by atoms with E-state index in [2.05, 4.69) is 18.1 Å². The Balaban J connectivity index is 1.97. The molecule has 0 spiro atoms. The van der Waals surface area contributed by atoms with Crippen molar-refractivity contribution in [2.24, 2.45) is 0 Å². The largest absolute Gasteiger partial charge is 0.490 e. The molecule has 2 heterocycles. The average molecular weight is 231 g/mol. The van der Waals surface area contributed by atoms with E-state index >= 15 is 0 Å². The van der Waals surface area contributed by atoms with Crippen molar-refractivity contribution in [3.63, 3.8) is 0 Å². The van der Waals surface area contributed by atoms with Gasteiger partial charge in [-0.15, -0.1) is 0 Å². The molecule has 0 radical (unpaired) electrons. The first-order valence-electron chi connectivity index (χ1n) is 5.62. The van der Waals surface area contributed by atoms with Gasteiger partial charge in [0.1, 0.15) is 17.5 Å². The summed E-state index contributed by atoms with van der Waals surface area (Å²) in [5, 5.41) is 12.7. The predicted octanol–water partition coefficient (Wildman–Crippen LogP) is 2.16. The van der Waals surface area contributed by atoms with E-state index in [-0.39, 0.29) is 12.7 Å². The molecule has 4 nitrogen and oxygen atoms in total. The molecule has 1 unspecified atom stereocenters. The van der Waals surface area contributed by atoms with Crippen molar-refractivity contribution >= 4 is 0 Å². The lowest BCUT2D eigenvalue weighted by Gasteiger charge is -2.02. The van der Waals surface area contributed by atoms with Crippen molar-refractivity contribution in [3.05, 3.63) is 35.5 Å². The number of aliphatic hydroxyl groups is 1. The number of rotatable bonds is 2. The number of hydrogen-bond donors (Lipinski definition) is 1. The molecule has 4 heteroatoms. The van der Waals surface area contributed by atoms with Gasteiger partial charge in [-0.05, 0) is 30.7 Å². The third-order valence-electron chi connectivity index (χ3n) is 2.90. The summed E-state index contributed by atoms with van der Waals surface area (Å²) in [4.78, 5) is 0. The van der Waals surface area contributed by atoms with Gasteiger partial charge < -0.3 is 14.4 Å². The number of hydrogen-bond acceptors (Lipinski definition) is 4. The minimum atomic E-state index is -0.103. The number of fused-ring (bicyclic) bond motifs is 1. The van der Waals surface area contributed by atoms with Gasteiger partial charge in [-0.3, -0.25) is 0 Å². The summed E-state index contributed by atoms with van der Waals surface area (Å²) in [6.07, 6.45) is 1.16. The quantitative estimate of drug-likeness (QED) is 0.860. The maximum atomic E-state index is 8.94. The molecule has 1 aliphatic heterocycles. The van der Waals surface area contributed by atoms with E-state index < -0.39 is 0 Å². The summed E-state index contributed by atoms with van der Waals surface area (Å²) in [5.74, 6) is 1.62. The molecule has 0 amide bonds. The zero-order chi connectivity index (χ0) is 11.8. The van der Waals surface area contributed by atoms with Crippen LogP contribution in [0, 0.1) is 0 Å². The first kappa shape index (κ1) is 10.4. The molecule has 88 valence electrons. The Hall–Kier alpha value is -1.81. The smallest absolute Gasteiger partial charge is 0.167 e. The molecule has 0 saturated carbocycles. The van der Waals surface area contributed by atoms with Crippen molar-refractivity contribution in [1.82, 2.24) is 5.16 Å². The van der Waals surface area contributed by atoms with Gasteiger partial charge in [0.05, 0.1) is 6.61 Å². The van der Waals surface area contributed by atoms with Crippen LogP contribution in [0.4, 0.5) is 0 Å². The third-order valence-corrected chi connectivity index (χ3v) is 2.90. The molecule has 3 rings (SSSR count). The molecule has 0 saturated heterocycles. The monoisotopic (exact) mass is 231 g/mol. The molecule has 1 aromatic carbocycles. The molecule has 2 aromatic rings. The van der Waals surface area contributed by atoms with Gasteiger partial charge in [0, 0.05) is 18.1 Å². The highest BCUT2D eigenvalue weighted by atomic mass is 16.5. The molecular formula is C13H13NO3. The number of nitrogens with zero attached hydrogens (tertiary/aromatic N) is 1. The fraction of sp³-hybridized carbons (Fsp3) is 0.308. The van der Waals surface area contributed by atoms with Crippen LogP contribution in [0.2, 0.25) is 0 Å². The highest BCUT2D eigenvalue weighted by Crippen LogP contribution is 2.32. The Kier molecular flexibility index (Phi) is 2.37. The first-order valence-corrected chi connectivity index (χ1v) is 5.62. The van der Waals surface area contributed by atoms with Crippen LogP contribution < -0.4 is 4.74 Å². The molecule has 1 aromatic heterocycles. The molecule has 1 aliphatic rings. The zero-order valence-electron chi connectivity index (χ0n) is 9.51. The lowest BCUT2D eigenvalue weighted by molar-refractivity contribution is 0.254. The minimum Gasteiger partial charge on any atom is -0.490 e. The van der Waals surface area contributed by atoms with Crippen molar-refractivity contribution in [2.75, 3.05) is 0 Å². The van der Waals surface area contributed by atoms with Crippen LogP contribution in [0.15, 0.2) is 28.8 Å². The summed E-state index contributed by atoms with van der Waals surface area (Å²) >= 11 is 0. The lowest BCUT2D eigenvalue weighted by atomic mass is 10.1. The Morgan fingerprint density at radius 1 is 1.41 bits per heavy atom. The van der Waals surface area contributed by atoms with Crippen LogP contribution in [-0.4, -0.2) is 16.4 Å². The summed E-state index contributed by atoms with van der Waals surface area (Å²) in [7, 11) is 0. The van der Waals surface area contributed by atoms with E-state index in [9.17, 15) is 0 Å². The number of ether oxygens (including phenoxy) is 1. The van der Waals surface area contributed by atoms with Crippen LogP contribution in [-0.2, 0) is 13.0 Å². The first-order chi connectivity index (χ1) is 8.26. The van der Waals surface area contributed by atoms with Crippen molar-refractivity contribution in [2.45, 2.75) is 26.1 Å². The molecule has 0 aliphatic carbocycles. The normalized spacial score (nSPS) is 17.9. The second-order valence-corrected chi connectivity index (χ2v) is 4.30. The molecule has 0 bridgehead atoms. The molecular weight excluding hydrogens is 218 g/mol. The van der Waals surface area contributed by atoms with Gasteiger partial charge in [-0.1, -0.05) is 5.16 Å². The number of benzene rings is 1. The zero-order valence-corrected chi connectivity index (χ0v) is 9.51. The van der Waals surface area contributed by atoms with Gasteiger partial charge in [0.25, 0.3) is 0 Å². The molecule has 1 N–H and O–H groups in total. The van der Waals surface area contributed by atoms with Gasteiger partial charge in [0.15, 0.2) is 5.76 Å². The highest BCUT2D eigenvalue weighted by Gasteiger charge is 2.19. The fourth-order valence-electron chi connectivity index (χ4n) is 2.10. The van der Waals surface area contributed by atoms with E-state index in [1.807, 2.05) is 12.1 Å². The minimum absolute atomic E-state index is 0.103. The molecule has 0 fully saturated rings. The van der Waals surface area contributed by atoms with E-state index in [1.54, 1.807) is 6.07 Å². The molecule has 1 atom stereocenters. The number of aliphatic hydroxyl groups excluding tert-OH is 1. The van der Waals surface area contributed by atoms with Crippen LogP contribution >= 0.6 is 0 Å². The summed E-state index contributed by atoms with van der Waals surface area (Å²) in [6, 6.07) is 7.70. The van der Waals surface area contributed by atoms with E-state index in [1.165, 1.54) is 5.56 Å². The highest BCUT2D eigenvalue weighted by molar-refractivity contribution is 5.61. The third kappa shape index (κ3) is 1.80. The van der Waals surface area contributed by atoms with Gasteiger partial charge in [-0.25, -0.2) is 0 Å². The van der Waals surface area contributed by atoms with Gasteiger partial charge in [0.2, 0.25) is 0 Å². The fourth-order valence-corrected chi connectivity index (χ4v) is 2.10. The van der Waals surface area contributed by atoms with Crippen LogP contribution in [0.3, 0.4) is 0 Å². The SMILES string of the molecule is CC1Cc2cc(-c3cc(CO)no3)ccc2O1. The second-order valence-electron chi connectivity index (χ2n) is 4.30. The average Bonchev–Trinajstić information content (AvgIpc) is 2.92. The van der Waals surface area contributed by atoms with Crippen LogP contribution in [0.25, 0.3) is 11.3 Å². The van der Waals surface area contributed by atoms with E-state index in [0.29, 0.717) is 11.5 Å². The van der Waals surface area contributed by atoms with Crippen molar-refractivity contribution in [3.8, 4) is 17.1 Å². The predicted molar refractivity (Wildman–Crippen MR) is 61.7 cm³/mol. The Labute approximate surface area is 98.8 Å². The van der Waals surface area contributed by atoms with E-state index in [4.69, 9.17) is 14.4 Å². The summed E-state index contributed by atoms with van der Waals surface area (Å²) in [5.41, 5.74) is 2.70. The lowest BCUT2D eigenvalue weighted by Crippen LogP contribution is -2.05. The van der Waals surface area contributed by atoms with Crippen molar-refractivity contribution in [1.29, 1.82) is 0 Å². The molecule has 17 heavy (non-hydrogen) atoms. The standard InChI is InChI=1S/C13H13NO3/c1-8-4-10-5-9(2-3-12(10)16-8)13-6-11(7-15)14-17-13/h2-3,5-6,8,15H,4,7H2,1H3.